The van der Waals surface area contributed by atoms with E-state index in [9.17, 15) is 21.6 Å². The highest BCUT2D eigenvalue weighted by Crippen LogP contribution is 2.28. The first-order valence-electron chi connectivity index (χ1n) is 10.3. The molecular weight excluding hydrogens is 491 g/mol. The molecule has 0 radical (unpaired) electrons. The van der Waals surface area contributed by atoms with E-state index in [2.05, 4.69) is 4.74 Å². The normalized spacial score (nSPS) is 15.4. The molecule has 2 heterocycles. The fraction of sp³-hybridized carbons (Fsp3) is 0.318. The number of halogens is 3. The minimum Gasteiger partial charge on any atom is -0.496 e. The number of ether oxygens (including phenoxy) is 2. The molecule has 12 heteroatoms. The number of aromatic nitrogens is 1. The third-order valence-electron chi connectivity index (χ3n) is 5.31. The number of para-hydroxylation sites is 1. The third kappa shape index (κ3) is 5.62. The van der Waals surface area contributed by atoms with Crippen LogP contribution in [0.3, 0.4) is 0 Å². The van der Waals surface area contributed by atoms with Gasteiger partial charge in [0.1, 0.15) is 11.5 Å². The van der Waals surface area contributed by atoms with Crippen molar-refractivity contribution in [1.82, 2.24) is 9.29 Å². The highest BCUT2D eigenvalue weighted by molar-refractivity contribution is 7.89. The number of rotatable bonds is 7. The Bertz CT molecular complexity index is 1220. The van der Waals surface area contributed by atoms with Gasteiger partial charge in [-0.25, -0.2) is 13.4 Å². The Morgan fingerprint density at radius 1 is 1.03 bits per heavy atom. The van der Waals surface area contributed by atoms with E-state index in [0.29, 0.717) is 19.5 Å². The molecule has 3 aromatic rings. The van der Waals surface area contributed by atoms with Crippen LogP contribution in [0.2, 0.25) is 0 Å². The number of hydrogen-bond donors (Lipinski definition) is 0. The molecule has 0 unspecified atom stereocenters. The number of alkyl halides is 3. The summed E-state index contributed by atoms with van der Waals surface area (Å²) < 4.78 is 73.3. The van der Waals surface area contributed by atoms with Gasteiger partial charge in [-0.1, -0.05) is 18.2 Å². The van der Waals surface area contributed by atoms with Gasteiger partial charge >= 0.3 is 6.36 Å². The number of sulfonamides is 1. The fourth-order valence-electron chi connectivity index (χ4n) is 3.65. The summed E-state index contributed by atoms with van der Waals surface area (Å²) in [5.74, 6) is 0.331. The molecule has 34 heavy (non-hydrogen) atoms. The van der Waals surface area contributed by atoms with E-state index < -0.39 is 22.1 Å². The molecule has 0 aliphatic carbocycles. The van der Waals surface area contributed by atoms with Gasteiger partial charge in [0.2, 0.25) is 10.0 Å². The van der Waals surface area contributed by atoms with Crippen molar-refractivity contribution in [2.75, 3.05) is 38.2 Å². The Hall–Kier alpha value is -2.83. The van der Waals surface area contributed by atoms with E-state index in [1.807, 2.05) is 34.5 Å². The lowest BCUT2D eigenvalue weighted by Crippen LogP contribution is -2.48. The Morgan fingerprint density at radius 2 is 1.71 bits per heavy atom. The molecule has 0 bridgehead atoms. The van der Waals surface area contributed by atoms with Crippen molar-refractivity contribution in [3.8, 4) is 11.5 Å². The van der Waals surface area contributed by atoms with Crippen molar-refractivity contribution in [3.05, 3.63) is 65.2 Å². The van der Waals surface area contributed by atoms with Crippen LogP contribution in [0.15, 0.2) is 58.8 Å². The molecule has 1 saturated heterocycles. The Morgan fingerprint density at radius 3 is 2.35 bits per heavy atom. The summed E-state index contributed by atoms with van der Waals surface area (Å²) in [7, 11) is -2.20. The van der Waals surface area contributed by atoms with Gasteiger partial charge in [-0.05, 0) is 30.3 Å². The number of nitrogens with zero attached hydrogens (tertiary/aromatic N) is 3. The van der Waals surface area contributed by atoms with Gasteiger partial charge in [0.15, 0.2) is 5.13 Å². The van der Waals surface area contributed by atoms with E-state index in [1.165, 1.54) is 15.6 Å². The molecule has 0 spiro atoms. The molecule has 0 N–H and O–H groups in total. The predicted octanol–water partition coefficient (Wildman–Crippen LogP) is 4.15. The van der Waals surface area contributed by atoms with Gasteiger partial charge in [0, 0.05) is 43.5 Å². The topological polar surface area (TPSA) is 72.0 Å². The predicted molar refractivity (Wildman–Crippen MR) is 122 cm³/mol. The molecule has 2 aromatic carbocycles. The van der Waals surface area contributed by atoms with Crippen LogP contribution in [0, 0.1) is 0 Å². The molecule has 0 amide bonds. The summed E-state index contributed by atoms with van der Waals surface area (Å²) in [5.41, 5.74) is 1.94. The zero-order chi connectivity index (χ0) is 24.3. The molecule has 1 aromatic heterocycles. The monoisotopic (exact) mass is 513 g/mol. The summed E-state index contributed by atoms with van der Waals surface area (Å²) in [4.78, 5) is 6.65. The first kappa shape index (κ1) is 24.3. The number of piperazine rings is 1. The quantitative estimate of drug-likeness (QED) is 0.473. The molecule has 1 aliphatic heterocycles. The number of thiazole rings is 1. The van der Waals surface area contributed by atoms with Crippen LogP contribution in [0.4, 0.5) is 18.3 Å². The number of benzene rings is 2. The Balaban J connectivity index is 1.37. The summed E-state index contributed by atoms with van der Waals surface area (Å²) in [6.07, 6.45) is -4.21. The maximum Gasteiger partial charge on any atom is 0.573 e. The van der Waals surface area contributed by atoms with E-state index in [0.717, 1.165) is 46.4 Å². The molecule has 1 fully saturated rings. The minimum atomic E-state index is -4.83. The van der Waals surface area contributed by atoms with E-state index in [4.69, 9.17) is 9.72 Å². The maximum atomic E-state index is 12.9. The zero-order valence-corrected chi connectivity index (χ0v) is 19.8. The third-order valence-corrected chi connectivity index (χ3v) is 8.17. The van der Waals surface area contributed by atoms with E-state index in [1.54, 1.807) is 7.11 Å². The van der Waals surface area contributed by atoms with Crippen molar-refractivity contribution in [3.63, 3.8) is 0 Å². The number of methoxy groups -OCH3 is 1. The van der Waals surface area contributed by atoms with Crippen molar-refractivity contribution in [2.45, 2.75) is 17.7 Å². The van der Waals surface area contributed by atoms with Crippen LogP contribution < -0.4 is 14.4 Å². The smallest absolute Gasteiger partial charge is 0.496 e. The molecule has 182 valence electrons. The number of hydrogen-bond acceptors (Lipinski definition) is 7. The van der Waals surface area contributed by atoms with Crippen LogP contribution in [0.25, 0.3) is 0 Å². The molecular formula is C22H22F3N3O4S2. The second-order valence-electron chi connectivity index (χ2n) is 7.52. The lowest BCUT2D eigenvalue weighted by molar-refractivity contribution is -0.274. The average molecular weight is 514 g/mol. The van der Waals surface area contributed by atoms with Crippen molar-refractivity contribution >= 4 is 26.5 Å². The summed E-state index contributed by atoms with van der Waals surface area (Å²) in [5, 5.41) is 2.80. The largest absolute Gasteiger partial charge is 0.573 e. The van der Waals surface area contributed by atoms with Gasteiger partial charge in [0.25, 0.3) is 0 Å². The van der Waals surface area contributed by atoms with E-state index >= 15 is 0 Å². The average Bonchev–Trinajstić information content (AvgIpc) is 3.27. The first-order chi connectivity index (χ1) is 16.2. The van der Waals surface area contributed by atoms with Crippen LogP contribution in [-0.4, -0.2) is 57.4 Å². The van der Waals surface area contributed by atoms with Crippen molar-refractivity contribution < 1.29 is 31.1 Å². The van der Waals surface area contributed by atoms with Crippen LogP contribution in [0.1, 0.15) is 11.3 Å². The number of anilines is 1. The van der Waals surface area contributed by atoms with E-state index in [-0.39, 0.29) is 18.0 Å². The zero-order valence-electron chi connectivity index (χ0n) is 18.2. The van der Waals surface area contributed by atoms with Gasteiger partial charge in [0.05, 0.1) is 17.7 Å². The van der Waals surface area contributed by atoms with Crippen LogP contribution in [0.5, 0.6) is 11.5 Å². The van der Waals surface area contributed by atoms with Gasteiger partial charge < -0.3 is 14.4 Å². The fourth-order valence-corrected chi connectivity index (χ4v) is 5.95. The van der Waals surface area contributed by atoms with Crippen LogP contribution >= 0.6 is 11.3 Å². The van der Waals surface area contributed by atoms with Gasteiger partial charge in [-0.15, -0.1) is 24.5 Å². The highest BCUT2D eigenvalue weighted by Gasteiger charge is 2.32. The Kier molecular flexibility index (Phi) is 7.01. The molecule has 7 nitrogen and oxygen atoms in total. The maximum absolute atomic E-state index is 12.9. The van der Waals surface area contributed by atoms with Crippen LogP contribution in [-0.2, 0) is 16.4 Å². The summed E-state index contributed by atoms with van der Waals surface area (Å²) >= 11 is 1.50. The second-order valence-corrected chi connectivity index (χ2v) is 10.3. The molecule has 0 saturated carbocycles. The minimum absolute atomic E-state index is 0.0798. The Labute approximate surface area is 199 Å². The lowest BCUT2D eigenvalue weighted by atomic mass is 10.1. The molecule has 4 rings (SSSR count). The van der Waals surface area contributed by atoms with Crippen molar-refractivity contribution in [2.24, 2.45) is 0 Å². The van der Waals surface area contributed by atoms with Gasteiger partial charge in [-0.2, -0.15) is 4.31 Å². The summed E-state index contributed by atoms with van der Waals surface area (Å²) in [6, 6.07) is 12.0. The first-order valence-corrected chi connectivity index (χ1v) is 12.6. The molecule has 0 atom stereocenters. The lowest BCUT2D eigenvalue weighted by Gasteiger charge is -2.33. The van der Waals surface area contributed by atoms with Gasteiger partial charge in [-0.3, -0.25) is 0 Å². The summed E-state index contributed by atoms with van der Waals surface area (Å²) in [6.45, 7) is 1.39. The molecule has 1 aliphatic rings. The van der Waals surface area contributed by atoms with Crippen molar-refractivity contribution in [1.29, 1.82) is 0 Å². The standard InChI is InChI=1S/C22H22F3N3O4S2/c1-31-20-5-3-2-4-16(20)14-17-15-33-21(26-17)27-10-12-28(13-11-27)34(29,30)19-8-6-18(7-9-19)32-22(23,24)25/h2-9,15H,10-14H2,1H3. The highest BCUT2D eigenvalue weighted by atomic mass is 32.2. The SMILES string of the molecule is COc1ccccc1Cc1csc(N2CCN(S(=O)(=O)c3ccc(OC(F)(F)F)cc3)CC2)n1. The second kappa shape index (κ2) is 9.80.